The van der Waals surface area contributed by atoms with E-state index in [1.165, 1.54) is 11.1 Å². The lowest BCUT2D eigenvalue weighted by molar-refractivity contribution is 0.102. The van der Waals surface area contributed by atoms with E-state index in [-0.39, 0.29) is 5.91 Å². The minimum Gasteiger partial charge on any atom is -0.301 e. The highest BCUT2D eigenvalue weighted by molar-refractivity contribution is 7.15. The number of aromatic nitrogens is 3. The second-order valence-electron chi connectivity index (χ2n) is 4.32. The predicted octanol–water partition coefficient (Wildman–Crippen LogP) is 1.11. The Labute approximate surface area is 108 Å². The normalized spacial score (nSPS) is 15.4. The number of anilines is 1. The fourth-order valence-electron chi connectivity index (χ4n) is 1.92. The molecule has 6 nitrogen and oxygen atoms in total. The van der Waals surface area contributed by atoms with Crippen LogP contribution in [0.25, 0.3) is 0 Å². The van der Waals surface area contributed by atoms with Gasteiger partial charge in [-0.25, -0.2) is 4.98 Å². The predicted molar refractivity (Wildman–Crippen MR) is 68.7 cm³/mol. The molecule has 1 amide bonds. The summed E-state index contributed by atoms with van der Waals surface area (Å²) < 4.78 is 0. The van der Waals surface area contributed by atoms with Crippen molar-refractivity contribution >= 4 is 22.4 Å². The third-order valence-corrected chi connectivity index (χ3v) is 3.90. The Kier molecular flexibility index (Phi) is 2.85. The molecule has 0 atom stereocenters. The van der Waals surface area contributed by atoms with Crippen LogP contribution in [0.1, 0.15) is 20.9 Å². The van der Waals surface area contributed by atoms with E-state index < -0.39 is 0 Å². The Morgan fingerprint density at radius 1 is 1.61 bits per heavy atom. The SMILES string of the molecule is CN1CCc2nc(NC(=O)c3cn[nH]c3)sc2C1. The maximum atomic E-state index is 11.8. The molecular weight excluding hydrogens is 250 g/mol. The smallest absolute Gasteiger partial charge is 0.260 e. The average molecular weight is 263 g/mol. The molecule has 0 aliphatic carbocycles. The topological polar surface area (TPSA) is 73.9 Å². The fourth-order valence-corrected chi connectivity index (χ4v) is 3.00. The van der Waals surface area contributed by atoms with Gasteiger partial charge >= 0.3 is 0 Å². The molecule has 0 unspecified atom stereocenters. The number of fused-ring (bicyclic) bond motifs is 1. The number of nitrogens with one attached hydrogen (secondary N) is 2. The van der Waals surface area contributed by atoms with Gasteiger partial charge in [0, 0.05) is 30.6 Å². The van der Waals surface area contributed by atoms with Gasteiger partial charge in [0.1, 0.15) is 0 Å². The van der Waals surface area contributed by atoms with Gasteiger partial charge in [-0.15, -0.1) is 11.3 Å². The summed E-state index contributed by atoms with van der Waals surface area (Å²) in [6.07, 6.45) is 4.01. The first-order valence-electron chi connectivity index (χ1n) is 5.69. The van der Waals surface area contributed by atoms with Crippen LogP contribution in [0.15, 0.2) is 12.4 Å². The molecule has 2 N–H and O–H groups in total. The van der Waals surface area contributed by atoms with Gasteiger partial charge in [0.05, 0.1) is 17.5 Å². The average Bonchev–Trinajstić information content (AvgIpc) is 2.95. The first-order valence-corrected chi connectivity index (χ1v) is 6.51. The zero-order valence-electron chi connectivity index (χ0n) is 9.93. The molecule has 1 aliphatic rings. The summed E-state index contributed by atoms with van der Waals surface area (Å²) in [6.45, 7) is 1.93. The van der Waals surface area contributed by atoms with Gasteiger partial charge in [0.2, 0.25) is 0 Å². The number of rotatable bonds is 2. The molecule has 2 aromatic heterocycles. The van der Waals surface area contributed by atoms with Crippen LogP contribution >= 0.6 is 11.3 Å². The number of carbonyl (C=O) groups is 1. The minimum atomic E-state index is -0.178. The standard InChI is InChI=1S/C11H13N5OS/c1-16-3-2-8-9(6-16)18-11(14-8)15-10(17)7-4-12-13-5-7/h4-5H,2-3,6H2,1H3,(H,12,13)(H,14,15,17). The van der Waals surface area contributed by atoms with Crippen molar-refractivity contribution in [3.05, 3.63) is 28.5 Å². The van der Waals surface area contributed by atoms with Gasteiger partial charge in [-0.2, -0.15) is 5.10 Å². The van der Waals surface area contributed by atoms with Gasteiger partial charge in [-0.1, -0.05) is 0 Å². The van der Waals surface area contributed by atoms with E-state index in [1.807, 2.05) is 0 Å². The number of thiazole rings is 1. The highest BCUT2D eigenvalue weighted by Crippen LogP contribution is 2.27. The van der Waals surface area contributed by atoms with Crippen molar-refractivity contribution in [1.29, 1.82) is 0 Å². The molecule has 0 saturated carbocycles. The van der Waals surface area contributed by atoms with Crippen LogP contribution in [0.3, 0.4) is 0 Å². The molecule has 18 heavy (non-hydrogen) atoms. The minimum absolute atomic E-state index is 0.178. The van der Waals surface area contributed by atoms with Gasteiger partial charge < -0.3 is 4.90 Å². The summed E-state index contributed by atoms with van der Waals surface area (Å²) in [7, 11) is 2.09. The third-order valence-electron chi connectivity index (χ3n) is 2.90. The van der Waals surface area contributed by atoms with Crippen molar-refractivity contribution in [1.82, 2.24) is 20.1 Å². The Hall–Kier alpha value is -1.73. The van der Waals surface area contributed by atoms with Crippen LogP contribution in [0, 0.1) is 0 Å². The van der Waals surface area contributed by atoms with E-state index >= 15 is 0 Å². The maximum Gasteiger partial charge on any atom is 0.260 e. The second kappa shape index (κ2) is 4.51. The highest BCUT2D eigenvalue weighted by atomic mass is 32.1. The van der Waals surface area contributed by atoms with E-state index in [0.29, 0.717) is 10.7 Å². The summed E-state index contributed by atoms with van der Waals surface area (Å²) >= 11 is 1.55. The van der Waals surface area contributed by atoms with Crippen LogP contribution in [0.2, 0.25) is 0 Å². The Bertz CT molecular complexity index is 562. The Morgan fingerprint density at radius 3 is 3.28 bits per heavy atom. The number of hydrogen-bond donors (Lipinski definition) is 2. The van der Waals surface area contributed by atoms with Crippen molar-refractivity contribution in [2.24, 2.45) is 0 Å². The maximum absolute atomic E-state index is 11.8. The first kappa shape index (κ1) is 11.4. The molecular formula is C11H13N5OS. The van der Waals surface area contributed by atoms with Gasteiger partial charge in [-0.3, -0.25) is 15.2 Å². The number of H-pyrrole nitrogens is 1. The van der Waals surface area contributed by atoms with Crippen molar-refractivity contribution in [2.45, 2.75) is 13.0 Å². The molecule has 1 aliphatic heterocycles. The summed E-state index contributed by atoms with van der Waals surface area (Å²) in [5.41, 5.74) is 1.63. The molecule has 3 heterocycles. The summed E-state index contributed by atoms with van der Waals surface area (Å²) in [4.78, 5) is 19.8. The molecule has 94 valence electrons. The number of hydrogen-bond acceptors (Lipinski definition) is 5. The quantitative estimate of drug-likeness (QED) is 0.851. The van der Waals surface area contributed by atoms with Crippen LogP contribution in [0.5, 0.6) is 0 Å². The van der Waals surface area contributed by atoms with E-state index in [1.54, 1.807) is 17.5 Å². The lowest BCUT2D eigenvalue weighted by Gasteiger charge is -2.20. The lowest BCUT2D eigenvalue weighted by atomic mass is 10.2. The Morgan fingerprint density at radius 2 is 2.50 bits per heavy atom. The first-order chi connectivity index (χ1) is 8.72. The molecule has 0 fully saturated rings. The van der Waals surface area contributed by atoms with Gasteiger partial charge in [-0.05, 0) is 7.05 Å². The Balaban J connectivity index is 1.76. The number of likely N-dealkylation sites (N-methyl/N-ethyl adjacent to an activating group) is 1. The summed E-state index contributed by atoms with van der Waals surface area (Å²) in [5.74, 6) is -0.178. The van der Waals surface area contributed by atoms with Crippen molar-refractivity contribution < 1.29 is 4.79 Å². The zero-order valence-corrected chi connectivity index (χ0v) is 10.8. The van der Waals surface area contributed by atoms with E-state index in [0.717, 1.165) is 25.2 Å². The molecule has 3 rings (SSSR count). The molecule has 0 saturated heterocycles. The number of aromatic amines is 1. The molecule has 2 aromatic rings. The van der Waals surface area contributed by atoms with E-state index in [9.17, 15) is 4.79 Å². The van der Waals surface area contributed by atoms with Crippen LogP contribution < -0.4 is 5.32 Å². The van der Waals surface area contributed by atoms with Crippen molar-refractivity contribution in [3.63, 3.8) is 0 Å². The summed E-state index contributed by atoms with van der Waals surface area (Å²) in [5, 5.41) is 9.84. The highest BCUT2D eigenvalue weighted by Gasteiger charge is 2.19. The summed E-state index contributed by atoms with van der Waals surface area (Å²) in [6, 6.07) is 0. The molecule has 7 heteroatoms. The van der Waals surface area contributed by atoms with Crippen LogP contribution in [-0.2, 0) is 13.0 Å². The number of nitrogens with zero attached hydrogens (tertiary/aromatic N) is 3. The third kappa shape index (κ3) is 2.14. The molecule has 0 spiro atoms. The van der Waals surface area contributed by atoms with Crippen LogP contribution in [0.4, 0.5) is 5.13 Å². The largest absolute Gasteiger partial charge is 0.301 e. The number of carbonyl (C=O) groups excluding carboxylic acids is 1. The van der Waals surface area contributed by atoms with E-state index in [2.05, 4.69) is 32.4 Å². The fraction of sp³-hybridized carbons (Fsp3) is 0.364. The monoisotopic (exact) mass is 263 g/mol. The number of amides is 1. The second-order valence-corrected chi connectivity index (χ2v) is 5.40. The van der Waals surface area contributed by atoms with Crippen molar-refractivity contribution in [2.75, 3.05) is 18.9 Å². The van der Waals surface area contributed by atoms with Crippen LogP contribution in [-0.4, -0.2) is 39.6 Å². The molecule has 0 bridgehead atoms. The van der Waals surface area contributed by atoms with Gasteiger partial charge in [0.15, 0.2) is 5.13 Å². The van der Waals surface area contributed by atoms with Gasteiger partial charge in [0.25, 0.3) is 5.91 Å². The molecule has 0 radical (unpaired) electrons. The van der Waals surface area contributed by atoms with Crippen molar-refractivity contribution in [3.8, 4) is 0 Å². The zero-order chi connectivity index (χ0) is 12.5. The molecule has 0 aromatic carbocycles. The van der Waals surface area contributed by atoms with E-state index in [4.69, 9.17) is 0 Å². The lowest BCUT2D eigenvalue weighted by Crippen LogP contribution is -2.25.